The third-order valence-electron chi connectivity index (χ3n) is 4.04. The average Bonchev–Trinajstić information content (AvgIpc) is 3.32. The van der Waals surface area contributed by atoms with Crippen LogP contribution in [0.15, 0.2) is 12.1 Å². The third kappa shape index (κ3) is 5.84. The maximum atomic E-state index is 6.20. The van der Waals surface area contributed by atoms with Gasteiger partial charge in [-0.15, -0.1) is 0 Å². The van der Waals surface area contributed by atoms with Gasteiger partial charge in [0.05, 0.1) is 17.3 Å². The number of nitrogens with zero attached hydrogens (tertiary/aromatic N) is 1. The van der Waals surface area contributed by atoms with Crippen LogP contribution in [0.2, 0.25) is 5.02 Å². The first kappa shape index (κ1) is 16.6. The molecule has 0 aliphatic heterocycles. The molecular formula is C17H27ClN2O. The van der Waals surface area contributed by atoms with Crippen LogP contribution in [0.5, 0.6) is 5.88 Å². The van der Waals surface area contributed by atoms with Gasteiger partial charge < -0.3 is 10.1 Å². The maximum Gasteiger partial charge on any atom is 0.213 e. The van der Waals surface area contributed by atoms with E-state index in [0.29, 0.717) is 22.9 Å². The first-order valence-corrected chi connectivity index (χ1v) is 8.62. The second-order valence-electron chi connectivity index (χ2n) is 5.96. The average molecular weight is 311 g/mol. The fraction of sp³-hybridized carbons (Fsp3) is 0.706. The number of aromatic nitrogens is 1. The van der Waals surface area contributed by atoms with Crippen molar-refractivity contribution in [1.82, 2.24) is 10.3 Å². The lowest BCUT2D eigenvalue weighted by molar-refractivity contribution is 0.225. The SMILES string of the molecule is CCCCC(CC)COc1ccc(Cl)c(CNC2CC2)n1. The lowest BCUT2D eigenvalue weighted by atomic mass is 10.0. The van der Waals surface area contributed by atoms with Crippen molar-refractivity contribution in [3.63, 3.8) is 0 Å². The monoisotopic (exact) mass is 310 g/mol. The highest BCUT2D eigenvalue weighted by atomic mass is 35.5. The molecule has 3 nitrogen and oxygen atoms in total. The molecule has 1 aliphatic rings. The Morgan fingerprint density at radius 1 is 1.38 bits per heavy atom. The molecule has 1 aromatic heterocycles. The van der Waals surface area contributed by atoms with Crippen LogP contribution < -0.4 is 10.1 Å². The minimum absolute atomic E-state index is 0.621. The van der Waals surface area contributed by atoms with Gasteiger partial charge in [-0.3, -0.25) is 0 Å². The zero-order valence-corrected chi connectivity index (χ0v) is 14.0. The van der Waals surface area contributed by atoms with E-state index in [0.717, 1.165) is 25.3 Å². The van der Waals surface area contributed by atoms with Crippen molar-refractivity contribution in [2.75, 3.05) is 6.61 Å². The van der Waals surface area contributed by atoms with E-state index in [1.54, 1.807) is 0 Å². The Hall–Kier alpha value is -0.800. The zero-order chi connectivity index (χ0) is 15.1. The first-order chi connectivity index (χ1) is 10.2. The standard InChI is InChI=1S/C17H27ClN2O/c1-3-5-6-13(4-2)12-21-17-10-9-15(18)16(20-17)11-19-14-7-8-14/h9-10,13-14,19H,3-8,11-12H2,1-2H3. The summed E-state index contributed by atoms with van der Waals surface area (Å²) in [7, 11) is 0. The number of hydrogen-bond acceptors (Lipinski definition) is 3. The van der Waals surface area contributed by atoms with Crippen molar-refractivity contribution in [3.05, 3.63) is 22.8 Å². The van der Waals surface area contributed by atoms with Gasteiger partial charge in [0.15, 0.2) is 0 Å². The number of rotatable bonds is 10. The summed E-state index contributed by atoms with van der Waals surface area (Å²) >= 11 is 6.20. The molecule has 1 unspecified atom stereocenters. The summed E-state index contributed by atoms with van der Waals surface area (Å²) in [6, 6.07) is 4.42. The molecule has 1 saturated carbocycles. The minimum atomic E-state index is 0.621. The Kier molecular flexibility index (Phi) is 6.78. The predicted molar refractivity (Wildman–Crippen MR) is 87.9 cm³/mol. The van der Waals surface area contributed by atoms with E-state index in [1.807, 2.05) is 12.1 Å². The van der Waals surface area contributed by atoms with Crippen LogP contribution in [0.1, 0.15) is 58.1 Å². The zero-order valence-electron chi connectivity index (χ0n) is 13.2. The molecule has 0 spiro atoms. The number of nitrogens with one attached hydrogen (secondary N) is 1. The van der Waals surface area contributed by atoms with E-state index < -0.39 is 0 Å². The number of ether oxygens (including phenoxy) is 1. The summed E-state index contributed by atoms with van der Waals surface area (Å²) < 4.78 is 5.88. The molecule has 0 amide bonds. The van der Waals surface area contributed by atoms with Crippen LogP contribution in [0, 0.1) is 5.92 Å². The lowest BCUT2D eigenvalue weighted by Gasteiger charge is -2.15. The smallest absolute Gasteiger partial charge is 0.213 e. The van der Waals surface area contributed by atoms with Gasteiger partial charge in [0.25, 0.3) is 0 Å². The van der Waals surface area contributed by atoms with Gasteiger partial charge in [0, 0.05) is 18.7 Å². The van der Waals surface area contributed by atoms with E-state index in [2.05, 4.69) is 24.1 Å². The van der Waals surface area contributed by atoms with Crippen molar-refractivity contribution < 1.29 is 4.74 Å². The molecule has 1 atom stereocenters. The molecule has 0 radical (unpaired) electrons. The predicted octanol–water partition coefficient (Wildman–Crippen LogP) is 4.58. The van der Waals surface area contributed by atoms with Gasteiger partial charge in [-0.25, -0.2) is 4.98 Å². The molecule has 118 valence electrons. The normalized spacial score (nSPS) is 16.0. The largest absolute Gasteiger partial charge is 0.477 e. The molecule has 2 rings (SSSR count). The molecule has 4 heteroatoms. The summed E-state index contributed by atoms with van der Waals surface area (Å²) in [6.45, 7) is 5.94. The molecule has 1 aromatic rings. The van der Waals surface area contributed by atoms with Crippen molar-refractivity contribution in [2.24, 2.45) is 5.92 Å². The van der Waals surface area contributed by atoms with E-state index in [1.165, 1.54) is 32.1 Å². The van der Waals surface area contributed by atoms with E-state index in [9.17, 15) is 0 Å². The highest BCUT2D eigenvalue weighted by Gasteiger charge is 2.20. The molecule has 21 heavy (non-hydrogen) atoms. The number of halogens is 1. The van der Waals surface area contributed by atoms with Crippen LogP contribution in [0.25, 0.3) is 0 Å². The molecule has 1 N–H and O–H groups in total. The highest BCUT2D eigenvalue weighted by Crippen LogP contribution is 2.23. The number of hydrogen-bond donors (Lipinski definition) is 1. The van der Waals surface area contributed by atoms with E-state index >= 15 is 0 Å². The molecule has 0 bridgehead atoms. The van der Waals surface area contributed by atoms with Crippen LogP contribution in [0.4, 0.5) is 0 Å². The minimum Gasteiger partial charge on any atom is -0.477 e. The summed E-state index contributed by atoms with van der Waals surface area (Å²) in [6.07, 6.45) is 7.44. The molecular weight excluding hydrogens is 284 g/mol. The van der Waals surface area contributed by atoms with Gasteiger partial charge in [0.1, 0.15) is 0 Å². The fourth-order valence-electron chi connectivity index (χ4n) is 2.30. The van der Waals surface area contributed by atoms with Crippen molar-refractivity contribution >= 4 is 11.6 Å². The summed E-state index contributed by atoms with van der Waals surface area (Å²) in [5.74, 6) is 1.32. The molecule has 0 aromatic carbocycles. The second kappa shape index (κ2) is 8.60. The quantitative estimate of drug-likeness (QED) is 0.686. The molecule has 1 heterocycles. The molecule has 0 saturated heterocycles. The summed E-state index contributed by atoms with van der Waals surface area (Å²) in [5, 5.41) is 4.16. The number of pyridine rings is 1. The highest BCUT2D eigenvalue weighted by molar-refractivity contribution is 6.31. The Balaban J connectivity index is 1.85. The van der Waals surface area contributed by atoms with E-state index in [4.69, 9.17) is 16.3 Å². The maximum absolute atomic E-state index is 6.20. The molecule has 1 fully saturated rings. The van der Waals surface area contributed by atoms with Crippen molar-refractivity contribution in [2.45, 2.75) is 65.0 Å². The first-order valence-electron chi connectivity index (χ1n) is 8.24. The van der Waals surface area contributed by atoms with Gasteiger partial charge in [-0.05, 0) is 31.2 Å². The van der Waals surface area contributed by atoms with Gasteiger partial charge in [-0.1, -0.05) is 44.7 Å². The van der Waals surface area contributed by atoms with Crippen LogP contribution in [-0.2, 0) is 6.54 Å². The Morgan fingerprint density at radius 3 is 2.86 bits per heavy atom. The van der Waals surface area contributed by atoms with Crippen LogP contribution in [-0.4, -0.2) is 17.6 Å². The Bertz CT molecular complexity index is 435. The van der Waals surface area contributed by atoms with Crippen LogP contribution >= 0.6 is 11.6 Å². The fourth-order valence-corrected chi connectivity index (χ4v) is 2.47. The Morgan fingerprint density at radius 2 is 2.19 bits per heavy atom. The van der Waals surface area contributed by atoms with Crippen molar-refractivity contribution in [1.29, 1.82) is 0 Å². The molecule has 1 aliphatic carbocycles. The topological polar surface area (TPSA) is 34.1 Å². The van der Waals surface area contributed by atoms with Crippen LogP contribution in [0.3, 0.4) is 0 Å². The van der Waals surface area contributed by atoms with Gasteiger partial charge in [0.2, 0.25) is 5.88 Å². The Labute approximate surface area is 133 Å². The number of unbranched alkanes of at least 4 members (excludes halogenated alkanes) is 1. The van der Waals surface area contributed by atoms with Gasteiger partial charge >= 0.3 is 0 Å². The van der Waals surface area contributed by atoms with E-state index in [-0.39, 0.29) is 0 Å². The van der Waals surface area contributed by atoms with Gasteiger partial charge in [-0.2, -0.15) is 0 Å². The third-order valence-corrected chi connectivity index (χ3v) is 4.38. The van der Waals surface area contributed by atoms with Crippen molar-refractivity contribution in [3.8, 4) is 5.88 Å². The summed E-state index contributed by atoms with van der Waals surface area (Å²) in [5.41, 5.74) is 0.891. The summed E-state index contributed by atoms with van der Waals surface area (Å²) in [4.78, 5) is 4.54. The lowest BCUT2D eigenvalue weighted by Crippen LogP contribution is -2.17. The second-order valence-corrected chi connectivity index (χ2v) is 6.37.